The first kappa shape index (κ1) is 26.1. The van der Waals surface area contributed by atoms with E-state index in [4.69, 9.17) is 14.2 Å². The molecule has 1 N–H and O–H groups in total. The zero-order valence-corrected chi connectivity index (χ0v) is 20.2. The van der Waals surface area contributed by atoms with E-state index >= 15 is 0 Å². The highest BCUT2D eigenvalue weighted by atomic mass is 16.6. The topological polar surface area (TPSA) is 126 Å². The number of aliphatic hydroxyl groups excluding tert-OH is 1. The van der Waals surface area contributed by atoms with Crippen LogP contribution in [0.15, 0.2) is 46.1 Å². The first-order chi connectivity index (χ1) is 16.6. The number of aromatic nitrogens is 2. The van der Waals surface area contributed by atoms with E-state index < -0.39 is 41.6 Å². The van der Waals surface area contributed by atoms with Crippen LogP contribution in [0, 0.1) is 6.92 Å². The van der Waals surface area contributed by atoms with Gasteiger partial charge in [-0.1, -0.05) is 26.0 Å². The third-order valence-corrected chi connectivity index (χ3v) is 5.62. The van der Waals surface area contributed by atoms with Crippen LogP contribution in [-0.2, 0) is 19.0 Å². The molecule has 0 radical (unpaired) electrons. The Balaban J connectivity index is 1.72. The molecule has 2 heterocycles. The molecule has 0 spiro atoms. The Hall–Kier alpha value is -3.50. The number of aryl methyl sites for hydroxylation is 1. The van der Waals surface area contributed by atoms with E-state index in [2.05, 4.69) is 13.8 Å². The van der Waals surface area contributed by atoms with Crippen LogP contribution >= 0.6 is 0 Å². The van der Waals surface area contributed by atoms with Crippen molar-refractivity contribution in [3.63, 3.8) is 0 Å². The highest BCUT2D eigenvalue weighted by molar-refractivity contribution is 5.89. The Morgan fingerprint density at radius 2 is 1.89 bits per heavy atom. The molecule has 188 valence electrons. The molecule has 0 amide bonds. The van der Waals surface area contributed by atoms with Crippen molar-refractivity contribution in [2.45, 2.75) is 58.5 Å². The van der Waals surface area contributed by atoms with Gasteiger partial charge >= 0.3 is 17.6 Å². The highest BCUT2D eigenvalue weighted by Gasteiger charge is 2.37. The minimum absolute atomic E-state index is 0.117. The number of aliphatic hydroxyl groups is 1. The quantitative estimate of drug-likeness (QED) is 0.443. The first-order valence-corrected chi connectivity index (χ1v) is 11.4. The van der Waals surface area contributed by atoms with E-state index in [0.29, 0.717) is 11.5 Å². The summed E-state index contributed by atoms with van der Waals surface area (Å²) >= 11 is 0. The Morgan fingerprint density at radius 1 is 1.20 bits per heavy atom. The summed E-state index contributed by atoms with van der Waals surface area (Å²) < 4.78 is 17.8. The summed E-state index contributed by atoms with van der Waals surface area (Å²) in [7, 11) is 0. The number of carbonyl (C=O) groups is 2. The normalized spacial score (nSPS) is 19.9. The van der Waals surface area contributed by atoms with Gasteiger partial charge in [-0.3, -0.25) is 9.36 Å². The van der Waals surface area contributed by atoms with Crippen LogP contribution < -0.4 is 11.2 Å². The third-order valence-electron chi connectivity index (χ3n) is 5.62. The smallest absolute Gasteiger partial charge is 0.338 e. The van der Waals surface area contributed by atoms with Gasteiger partial charge < -0.3 is 19.3 Å². The largest absolute Gasteiger partial charge is 0.463 e. The zero-order chi connectivity index (χ0) is 25.7. The van der Waals surface area contributed by atoms with Crippen LogP contribution in [0.4, 0.5) is 0 Å². The molecular weight excluding hydrogens is 456 g/mol. The predicted molar refractivity (Wildman–Crippen MR) is 127 cm³/mol. The molecule has 35 heavy (non-hydrogen) atoms. The molecule has 3 atom stereocenters. The summed E-state index contributed by atoms with van der Waals surface area (Å²) in [6.45, 7) is 7.27. The van der Waals surface area contributed by atoms with Crippen molar-refractivity contribution in [1.82, 2.24) is 9.13 Å². The lowest BCUT2D eigenvalue weighted by Crippen LogP contribution is -2.41. The minimum atomic E-state index is -1.10. The maximum absolute atomic E-state index is 12.9. The molecule has 1 saturated heterocycles. The molecule has 1 aliphatic rings. The molecule has 0 unspecified atom stereocenters. The van der Waals surface area contributed by atoms with Gasteiger partial charge in [-0.15, -0.1) is 0 Å². The van der Waals surface area contributed by atoms with Crippen LogP contribution in [0.3, 0.4) is 0 Å². The van der Waals surface area contributed by atoms with Gasteiger partial charge in [0.2, 0.25) is 0 Å². The fourth-order valence-corrected chi connectivity index (χ4v) is 3.70. The van der Waals surface area contributed by atoms with Gasteiger partial charge in [0.25, 0.3) is 5.56 Å². The molecular formula is C25H30N2O8. The summed E-state index contributed by atoms with van der Waals surface area (Å²) in [6.07, 6.45) is 0.566. The number of benzene rings is 1. The van der Waals surface area contributed by atoms with Crippen molar-refractivity contribution in [1.29, 1.82) is 0 Å². The van der Waals surface area contributed by atoms with Crippen molar-refractivity contribution in [3.8, 4) is 0 Å². The van der Waals surface area contributed by atoms with Gasteiger partial charge in [0.05, 0.1) is 18.3 Å². The summed E-state index contributed by atoms with van der Waals surface area (Å²) in [5.74, 6) is -0.885. The summed E-state index contributed by atoms with van der Waals surface area (Å²) in [5.41, 5.74) is 0.289. The van der Waals surface area contributed by atoms with Gasteiger partial charge in [0.15, 0.2) is 6.23 Å². The number of ether oxygens (including phenoxy) is 3. The van der Waals surface area contributed by atoms with Gasteiger partial charge in [-0.2, -0.15) is 0 Å². The Kier molecular flexibility index (Phi) is 8.42. The van der Waals surface area contributed by atoms with Gasteiger partial charge in [-0.25, -0.2) is 19.0 Å². The van der Waals surface area contributed by atoms with Gasteiger partial charge in [-0.05, 0) is 37.5 Å². The summed E-state index contributed by atoms with van der Waals surface area (Å²) in [5, 5.41) is 10.5. The Bertz CT molecular complexity index is 1210. The zero-order valence-electron chi connectivity index (χ0n) is 20.2. The van der Waals surface area contributed by atoms with Crippen molar-refractivity contribution < 1.29 is 28.9 Å². The fourth-order valence-electron chi connectivity index (χ4n) is 3.70. The molecule has 1 fully saturated rings. The molecule has 0 aliphatic carbocycles. The standard InChI is InChI=1S/C25H30N2O8/c1-5-33-21(29)10-11-26-22(30)16(4)13-27(25(26)32)23-20(28)12-19(35-23)14-34-24(31)18-8-6-17(7-9-18)15(2)3/h6-11,13,15,19-20,23,28H,5,12,14H2,1-4H3/b11-10+/t19-,20+,23+/m0/s1. The van der Waals surface area contributed by atoms with Crippen LogP contribution in [0.2, 0.25) is 0 Å². The number of hydrogen-bond donors (Lipinski definition) is 1. The van der Waals surface area contributed by atoms with Crippen molar-refractivity contribution >= 4 is 18.1 Å². The van der Waals surface area contributed by atoms with Crippen LogP contribution in [-0.4, -0.2) is 51.6 Å². The Labute approximate surface area is 202 Å². The average Bonchev–Trinajstić information content (AvgIpc) is 3.20. The minimum Gasteiger partial charge on any atom is -0.463 e. The van der Waals surface area contributed by atoms with Crippen molar-refractivity contribution in [2.75, 3.05) is 13.2 Å². The molecule has 1 aromatic heterocycles. The summed E-state index contributed by atoms with van der Waals surface area (Å²) in [6, 6.07) is 7.13. The lowest BCUT2D eigenvalue weighted by atomic mass is 10.0. The molecule has 0 bridgehead atoms. The number of esters is 2. The SMILES string of the molecule is CCOC(=O)/C=C/n1c(=O)c(C)cn([C@@H]2O[C@H](COC(=O)c3ccc(C(C)C)cc3)C[C@H]2O)c1=O. The fraction of sp³-hybridized carbons (Fsp3) is 0.440. The van der Waals surface area contributed by atoms with E-state index in [1.54, 1.807) is 19.1 Å². The number of carbonyl (C=O) groups excluding carboxylic acids is 2. The van der Waals surface area contributed by atoms with E-state index in [-0.39, 0.29) is 25.2 Å². The van der Waals surface area contributed by atoms with Crippen LogP contribution in [0.1, 0.15) is 60.8 Å². The average molecular weight is 487 g/mol. The molecule has 10 nitrogen and oxygen atoms in total. The molecule has 1 aromatic carbocycles. The van der Waals surface area contributed by atoms with Crippen molar-refractivity contribution in [3.05, 3.63) is 74.1 Å². The number of hydrogen-bond acceptors (Lipinski definition) is 8. The third kappa shape index (κ3) is 6.14. The maximum Gasteiger partial charge on any atom is 0.338 e. The van der Waals surface area contributed by atoms with E-state index in [9.17, 15) is 24.3 Å². The maximum atomic E-state index is 12.9. The lowest BCUT2D eigenvalue weighted by molar-refractivity contribution is -0.137. The van der Waals surface area contributed by atoms with Gasteiger partial charge in [0.1, 0.15) is 12.7 Å². The summed E-state index contributed by atoms with van der Waals surface area (Å²) in [4.78, 5) is 49.3. The lowest BCUT2D eigenvalue weighted by Gasteiger charge is -2.19. The molecule has 1 aliphatic heterocycles. The van der Waals surface area contributed by atoms with Gasteiger partial charge in [0, 0.05) is 30.5 Å². The second-order valence-corrected chi connectivity index (χ2v) is 8.57. The highest BCUT2D eigenvalue weighted by Crippen LogP contribution is 2.28. The second-order valence-electron chi connectivity index (χ2n) is 8.57. The molecule has 2 aromatic rings. The van der Waals surface area contributed by atoms with E-state index in [1.807, 2.05) is 12.1 Å². The molecule has 0 saturated carbocycles. The number of rotatable bonds is 8. The van der Waals surface area contributed by atoms with Crippen molar-refractivity contribution in [2.24, 2.45) is 0 Å². The molecule has 3 rings (SSSR count). The first-order valence-electron chi connectivity index (χ1n) is 11.4. The monoisotopic (exact) mass is 486 g/mol. The second kappa shape index (κ2) is 11.3. The Morgan fingerprint density at radius 3 is 2.51 bits per heavy atom. The molecule has 10 heteroatoms. The van der Waals surface area contributed by atoms with E-state index in [1.165, 1.54) is 13.1 Å². The predicted octanol–water partition coefficient (Wildman–Crippen LogP) is 1.98. The van der Waals surface area contributed by atoms with Crippen LogP contribution in [0.25, 0.3) is 6.20 Å². The van der Waals surface area contributed by atoms with Crippen LogP contribution in [0.5, 0.6) is 0 Å². The number of nitrogens with zero attached hydrogens (tertiary/aromatic N) is 2. The van der Waals surface area contributed by atoms with E-state index in [0.717, 1.165) is 27.0 Å².